The number of imidazole rings is 1. The van der Waals surface area contributed by atoms with Crippen LogP contribution in [0.2, 0.25) is 0 Å². The van der Waals surface area contributed by atoms with E-state index in [1.165, 1.54) is 0 Å². The molecule has 1 aromatic carbocycles. The Morgan fingerprint density at radius 2 is 2.11 bits per heavy atom. The Morgan fingerprint density at radius 1 is 1.39 bits per heavy atom. The molecule has 1 aromatic heterocycles. The largest absolute Gasteiger partial charge is 0.481 e. The van der Waals surface area contributed by atoms with Crippen molar-refractivity contribution in [3.05, 3.63) is 35.7 Å². The van der Waals surface area contributed by atoms with E-state index in [1.807, 2.05) is 26.0 Å². The Bertz CT molecular complexity index is 556. The fourth-order valence-electron chi connectivity index (χ4n) is 1.60. The summed E-state index contributed by atoms with van der Waals surface area (Å²) in [6, 6.07) is 7.22. The van der Waals surface area contributed by atoms with Crippen LogP contribution < -0.4 is 4.74 Å². The van der Waals surface area contributed by atoms with Crippen LogP contribution in [0.15, 0.2) is 24.3 Å². The number of rotatable bonds is 4. The zero-order valence-electron chi connectivity index (χ0n) is 10.2. The Balaban J connectivity index is 2.35. The lowest BCUT2D eigenvalue weighted by Gasteiger charge is -2.07. The number of para-hydroxylation sites is 1. The van der Waals surface area contributed by atoms with E-state index in [0.29, 0.717) is 11.6 Å². The standard InChI is InChI=1S/C13H14N2O3/c1-8-9(2)15-13(14-8)10-5-3-4-6-11(10)18-7-12(16)17/h3-6H,7H2,1-2H3,(H,14,15)(H,16,17). The molecule has 0 radical (unpaired) electrons. The number of aromatic amines is 1. The normalized spacial score (nSPS) is 10.3. The van der Waals surface area contributed by atoms with Gasteiger partial charge in [-0.15, -0.1) is 0 Å². The molecule has 0 fully saturated rings. The molecule has 5 nitrogen and oxygen atoms in total. The number of hydrogen-bond donors (Lipinski definition) is 2. The van der Waals surface area contributed by atoms with E-state index in [-0.39, 0.29) is 6.61 Å². The minimum Gasteiger partial charge on any atom is -0.481 e. The van der Waals surface area contributed by atoms with Crippen molar-refractivity contribution in [2.24, 2.45) is 0 Å². The number of carbonyl (C=O) groups is 1. The van der Waals surface area contributed by atoms with Crippen molar-refractivity contribution in [2.75, 3.05) is 6.61 Å². The molecule has 0 saturated carbocycles. The first-order valence-electron chi connectivity index (χ1n) is 5.55. The molecule has 0 saturated heterocycles. The summed E-state index contributed by atoms with van der Waals surface area (Å²) in [5, 5.41) is 8.64. The third-order valence-corrected chi connectivity index (χ3v) is 2.62. The highest BCUT2D eigenvalue weighted by Crippen LogP contribution is 2.28. The van der Waals surface area contributed by atoms with E-state index < -0.39 is 5.97 Å². The summed E-state index contributed by atoms with van der Waals surface area (Å²) in [4.78, 5) is 18.1. The summed E-state index contributed by atoms with van der Waals surface area (Å²) < 4.78 is 5.24. The second kappa shape index (κ2) is 4.91. The number of nitrogens with one attached hydrogen (secondary N) is 1. The number of aliphatic carboxylic acids is 1. The van der Waals surface area contributed by atoms with E-state index in [4.69, 9.17) is 9.84 Å². The molecule has 0 aliphatic heterocycles. The van der Waals surface area contributed by atoms with E-state index in [0.717, 1.165) is 17.0 Å². The number of ether oxygens (including phenoxy) is 1. The molecule has 2 N–H and O–H groups in total. The molecule has 18 heavy (non-hydrogen) atoms. The van der Waals surface area contributed by atoms with Gasteiger partial charge in [-0.05, 0) is 26.0 Å². The highest BCUT2D eigenvalue weighted by atomic mass is 16.5. The molecule has 2 aromatic rings. The Labute approximate surface area is 104 Å². The van der Waals surface area contributed by atoms with E-state index in [9.17, 15) is 4.79 Å². The summed E-state index contributed by atoms with van der Waals surface area (Å²) in [5.74, 6) is 0.191. The Hall–Kier alpha value is -2.30. The van der Waals surface area contributed by atoms with Crippen molar-refractivity contribution >= 4 is 5.97 Å². The number of carboxylic acid groups (broad SMARTS) is 1. The summed E-state index contributed by atoms with van der Waals surface area (Å²) in [6.07, 6.45) is 0. The maximum Gasteiger partial charge on any atom is 0.341 e. The fourth-order valence-corrected chi connectivity index (χ4v) is 1.60. The third-order valence-electron chi connectivity index (χ3n) is 2.62. The third kappa shape index (κ3) is 2.51. The van der Waals surface area contributed by atoms with Crippen molar-refractivity contribution in [1.29, 1.82) is 0 Å². The van der Waals surface area contributed by atoms with Crippen molar-refractivity contribution < 1.29 is 14.6 Å². The smallest absolute Gasteiger partial charge is 0.341 e. The van der Waals surface area contributed by atoms with Crippen molar-refractivity contribution in [2.45, 2.75) is 13.8 Å². The summed E-state index contributed by atoms with van der Waals surface area (Å²) in [6.45, 7) is 3.48. The van der Waals surface area contributed by atoms with Crippen LogP contribution in [0.5, 0.6) is 5.75 Å². The second-order valence-corrected chi connectivity index (χ2v) is 3.97. The van der Waals surface area contributed by atoms with Gasteiger partial charge in [0, 0.05) is 5.69 Å². The van der Waals surface area contributed by atoms with Gasteiger partial charge >= 0.3 is 5.97 Å². The molecule has 2 rings (SSSR count). The highest BCUT2D eigenvalue weighted by Gasteiger charge is 2.11. The van der Waals surface area contributed by atoms with E-state index in [1.54, 1.807) is 12.1 Å². The SMILES string of the molecule is Cc1nc(-c2ccccc2OCC(=O)O)[nH]c1C. The van der Waals surface area contributed by atoms with Gasteiger partial charge in [0.05, 0.1) is 11.3 Å². The van der Waals surface area contributed by atoms with Gasteiger partial charge in [-0.25, -0.2) is 9.78 Å². The van der Waals surface area contributed by atoms with Crippen molar-refractivity contribution in [1.82, 2.24) is 9.97 Å². The van der Waals surface area contributed by atoms with Gasteiger partial charge in [0.25, 0.3) is 0 Å². The quantitative estimate of drug-likeness (QED) is 0.866. The first-order valence-corrected chi connectivity index (χ1v) is 5.55. The van der Waals surface area contributed by atoms with Crippen LogP contribution in [-0.2, 0) is 4.79 Å². The zero-order valence-corrected chi connectivity index (χ0v) is 10.2. The van der Waals surface area contributed by atoms with E-state index in [2.05, 4.69) is 9.97 Å². The molecule has 0 aliphatic carbocycles. The van der Waals surface area contributed by atoms with Crippen LogP contribution in [0, 0.1) is 13.8 Å². The predicted octanol–water partition coefficient (Wildman–Crippen LogP) is 2.16. The molecule has 0 atom stereocenters. The second-order valence-electron chi connectivity index (χ2n) is 3.97. The minimum absolute atomic E-state index is 0.365. The number of hydrogen-bond acceptors (Lipinski definition) is 3. The minimum atomic E-state index is -1.00. The van der Waals surface area contributed by atoms with E-state index >= 15 is 0 Å². The molecule has 0 bridgehead atoms. The first kappa shape index (κ1) is 12.2. The number of nitrogens with zero attached hydrogens (tertiary/aromatic N) is 1. The summed E-state index contributed by atoms with van der Waals surface area (Å²) >= 11 is 0. The number of H-pyrrole nitrogens is 1. The van der Waals surface area contributed by atoms with Gasteiger partial charge in [0.1, 0.15) is 11.6 Å². The Kier molecular flexibility index (Phi) is 3.32. The highest BCUT2D eigenvalue weighted by molar-refractivity contribution is 5.70. The molecule has 0 aliphatic rings. The van der Waals surface area contributed by atoms with Gasteiger partial charge < -0.3 is 14.8 Å². The Morgan fingerprint density at radius 3 is 2.72 bits per heavy atom. The maximum atomic E-state index is 10.5. The van der Waals surface area contributed by atoms with Gasteiger partial charge in [0.15, 0.2) is 6.61 Å². The topological polar surface area (TPSA) is 75.2 Å². The molecule has 0 unspecified atom stereocenters. The van der Waals surface area contributed by atoms with Gasteiger partial charge in [0.2, 0.25) is 0 Å². The molecule has 1 heterocycles. The number of aryl methyl sites for hydroxylation is 2. The summed E-state index contributed by atoms with van der Waals surface area (Å²) in [5.41, 5.74) is 2.66. The average molecular weight is 246 g/mol. The van der Waals surface area contributed by atoms with Crippen LogP contribution in [0.4, 0.5) is 0 Å². The van der Waals surface area contributed by atoms with Crippen molar-refractivity contribution in [3.63, 3.8) is 0 Å². The lowest BCUT2D eigenvalue weighted by molar-refractivity contribution is -0.139. The molecular weight excluding hydrogens is 232 g/mol. The monoisotopic (exact) mass is 246 g/mol. The molecular formula is C13H14N2O3. The van der Waals surface area contributed by atoms with Crippen LogP contribution in [0.25, 0.3) is 11.4 Å². The summed E-state index contributed by atoms with van der Waals surface area (Å²) in [7, 11) is 0. The molecule has 94 valence electrons. The van der Waals surface area contributed by atoms with Crippen LogP contribution in [0.3, 0.4) is 0 Å². The maximum absolute atomic E-state index is 10.5. The van der Waals surface area contributed by atoms with Crippen molar-refractivity contribution in [3.8, 4) is 17.1 Å². The number of carboxylic acids is 1. The molecule has 5 heteroatoms. The molecule has 0 spiro atoms. The number of aromatic nitrogens is 2. The molecule has 0 amide bonds. The van der Waals surface area contributed by atoms with Crippen LogP contribution >= 0.6 is 0 Å². The zero-order chi connectivity index (χ0) is 13.1. The fraction of sp³-hybridized carbons (Fsp3) is 0.231. The van der Waals surface area contributed by atoms with Crippen LogP contribution in [-0.4, -0.2) is 27.7 Å². The lowest BCUT2D eigenvalue weighted by Crippen LogP contribution is -2.10. The first-order chi connectivity index (χ1) is 8.58. The predicted molar refractivity (Wildman–Crippen MR) is 66.6 cm³/mol. The van der Waals surface area contributed by atoms with Gasteiger partial charge in [-0.2, -0.15) is 0 Å². The average Bonchev–Trinajstić information content (AvgIpc) is 2.67. The van der Waals surface area contributed by atoms with Gasteiger partial charge in [-0.1, -0.05) is 12.1 Å². The van der Waals surface area contributed by atoms with Crippen LogP contribution in [0.1, 0.15) is 11.4 Å². The number of benzene rings is 1. The lowest BCUT2D eigenvalue weighted by atomic mass is 10.2. The van der Waals surface area contributed by atoms with Gasteiger partial charge in [-0.3, -0.25) is 0 Å².